The van der Waals surface area contributed by atoms with Crippen LogP contribution in [0.1, 0.15) is 5.56 Å². The van der Waals surface area contributed by atoms with E-state index in [9.17, 15) is 0 Å². The molecule has 2 heteroatoms. The van der Waals surface area contributed by atoms with E-state index in [1.807, 2.05) is 11.8 Å². The molecule has 8 rings (SSSR count). The standard InChI is InChI=1S/C38H27NS/c1-24-18-20-31-32(22-24)37(26-19-21-36-34(23-26)39(2)33-16-7-8-17-35(33)40-36)29-13-5-6-14-30(29)38(31)28-15-9-11-25-10-3-4-12-27(25)28/h3-23H,1-2H3. The molecule has 7 aromatic carbocycles. The van der Waals surface area contributed by atoms with Crippen LogP contribution in [0.2, 0.25) is 0 Å². The molecule has 0 atom stereocenters. The molecule has 1 nitrogen and oxygen atoms in total. The number of benzene rings is 7. The van der Waals surface area contributed by atoms with Gasteiger partial charge in [0.1, 0.15) is 0 Å². The highest BCUT2D eigenvalue weighted by Crippen LogP contribution is 2.50. The van der Waals surface area contributed by atoms with E-state index in [1.165, 1.54) is 81.3 Å². The van der Waals surface area contributed by atoms with E-state index in [0.717, 1.165) is 0 Å². The van der Waals surface area contributed by atoms with E-state index >= 15 is 0 Å². The fraction of sp³-hybridized carbons (Fsp3) is 0.0526. The highest BCUT2D eigenvalue weighted by molar-refractivity contribution is 7.99. The Hall–Kier alpha value is -4.53. The molecule has 1 aliphatic rings. The predicted octanol–water partition coefficient (Wildman–Crippen LogP) is 11.0. The topological polar surface area (TPSA) is 3.24 Å². The van der Waals surface area contributed by atoms with Crippen molar-refractivity contribution < 1.29 is 0 Å². The summed E-state index contributed by atoms with van der Waals surface area (Å²) in [4.78, 5) is 4.93. The highest BCUT2D eigenvalue weighted by Gasteiger charge is 2.23. The summed E-state index contributed by atoms with van der Waals surface area (Å²) >= 11 is 1.86. The minimum Gasteiger partial charge on any atom is -0.343 e. The Morgan fingerprint density at radius 1 is 0.500 bits per heavy atom. The lowest BCUT2D eigenvalue weighted by Crippen LogP contribution is -2.14. The molecular formula is C38H27NS. The fourth-order valence-corrected chi connectivity index (χ4v) is 7.56. The molecule has 1 heterocycles. The van der Waals surface area contributed by atoms with Crippen molar-refractivity contribution in [2.75, 3.05) is 11.9 Å². The maximum absolute atomic E-state index is 2.39. The number of rotatable bonds is 2. The van der Waals surface area contributed by atoms with Crippen molar-refractivity contribution in [3.8, 4) is 22.3 Å². The molecule has 7 aromatic rings. The Morgan fingerprint density at radius 2 is 1.18 bits per heavy atom. The summed E-state index contributed by atoms with van der Waals surface area (Å²) in [5.41, 5.74) is 8.93. The second kappa shape index (κ2) is 9.01. The maximum atomic E-state index is 2.39. The molecule has 40 heavy (non-hydrogen) atoms. The second-order valence-electron chi connectivity index (χ2n) is 10.7. The molecule has 0 unspecified atom stereocenters. The van der Waals surface area contributed by atoms with Gasteiger partial charge in [0.25, 0.3) is 0 Å². The minimum absolute atomic E-state index is 1.25. The van der Waals surface area contributed by atoms with Crippen LogP contribution < -0.4 is 4.90 Å². The molecule has 0 amide bonds. The lowest BCUT2D eigenvalue weighted by atomic mass is 9.84. The van der Waals surface area contributed by atoms with E-state index in [2.05, 4.69) is 146 Å². The van der Waals surface area contributed by atoms with Crippen molar-refractivity contribution in [2.24, 2.45) is 0 Å². The quantitative estimate of drug-likeness (QED) is 0.205. The van der Waals surface area contributed by atoms with Crippen molar-refractivity contribution in [2.45, 2.75) is 16.7 Å². The smallest absolute Gasteiger partial charge is 0.0556 e. The van der Waals surface area contributed by atoms with Gasteiger partial charge < -0.3 is 4.90 Å². The van der Waals surface area contributed by atoms with Crippen LogP contribution in [0.3, 0.4) is 0 Å². The molecule has 0 fully saturated rings. The Kier molecular flexibility index (Phi) is 5.26. The molecule has 0 bridgehead atoms. The number of para-hydroxylation sites is 1. The Balaban J connectivity index is 1.45. The number of aryl methyl sites for hydroxylation is 1. The first-order valence-corrected chi connectivity index (χ1v) is 14.6. The first kappa shape index (κ1) is 23.4. The van der Waals surface area contributed by atoms with Crippen LogP contribution >= 0.6 is 11.8 Å². The Labute approximate surface area is 238 Å². The molecule has 0 radical (unpaired) electrons. The van der Waals surface area contributed by atoms with Crippen molar-refractivity contribution in [1.29, 1.82) is 0 Å². The molecular weight excluding hydrogens is 502 g/mol. The van der Waals surface area contributed by atoms with Crippen molar-refractivity contribution in [3.63, 3.8) is 0 Å². The lowest BCUT2D eigenvalue weighted by molar-refractivity contribution is 1.11. The summed E-state index contributed by atoms with van der Waals surface area (Å²) < 4.78 is 0. The molecule has 0 N–H and O–H groups in total. The zero-order valence-corrected chi connectivity index (χ0v) is 23.3. The SMILES string of the molecule is Cc1ccc2c(-c3cccc4ccccc34)c3ccccc3c(-c3ccc4c(c3)N(C)c3ccccc3S4)c2c1. The van der Waals surface area contributed by atoms with Crippen LogP contribution in [0.5, 0.6) is 0 Å². The average Bonchev–Trinajstić information content (AvgIpc) is 3.00. The van der Waals surface area contributed by atoms with Gasteiger partial charge >= 0.3 is 0 Å². The van der Waals surface area contributed by atoms with Crippen LogP contribution in [0.25, 0.3) is 54.6 Å². The number of hydrogen-bond acceptors (Lipinski definition) is 2. The van der Waals surface area contributed by atoms with Gasteiger partial charge in [-0.3, -0.25) is 0 Å². The number of hydrogen-bond donors (Lipinski definition) is 0. The fourth-order valence-electron chi connectivity index (χ4n) is 6.43. The number of fused-ring (bicyclic) bond motifs is 5. The van der Waals surface area contributed by atoms with Crippen LogP contribution in [0.15, 0.2) is 137 Å². The summed E-state index contributed by atoms with van der Waals surface area (Å²) in [6, 6.07) is 47.0. The number of nitrogens with zero attached hydrogens (tertiary/aromatic N) is 1. The monoisotopic (exact) mass is 529 g/mol. The summed E-state index contributed by atoms with van der Waals surface area (Å²) in [5, 5.41) is 7.72. The van der Waals surface area contributed by atoms with Crippen LogP contribution in [-0.2, 0) is 0 Å². The summed E-state index contributed by atoms with van der Waals surface area (Å²) in [7, 11) is 2.19. The zero-order valence-electron chi connectivity index (χ0n) is 22.5. The third-order valence-electron chi connectivity index (χ3n) is 8.29. The average molecular weight is 530 g/mol. The predicted molar refractivity (Wildman–Crippen MR) is 173 cm³/mol. The van der Waals surface area contributed by atoms with Gasteiger partial charge in [-0.2, -0.15) is 0 Å². The van der Waals surface area contributed by atoms with Crippen LogP contribution in [0.4, 0.5) is 11.4 Å². The van der Waals surface area contributed by atoms with Crippen molar-refractivity contribution in [1.82, 2.24) is 0 Å². The summed E-state index contributed by atoms with van der Waals surface area (Å²) in [5.74, 6) is 0. The lowest BCUT2D eigenvalue weighted by Gasteiger charge is -2.30. The molecule has 1 aliphatic heterocycles. The van der Waals surface area contributed by atoms with E-state index in [4.69, 9.17) is 0 Å². The van der Waals surface area contributed by atoms with Gasteiger partial charge in [-0.25, -0.2) is 0 Å². The summed E-state index contributed by atoms with van der Waals surface area (Å²) in [6.45, 7) is 2.20. The van der Waals surface area contributed by atoms with E-state index < -0.39 is 0 Å². The molecule has 0 saturated carbocycles. The second-order valence-corrected chi connectivity index (χ2v) is 11.8. The first-order chi connectivity index (χ1) is 19.7. The highest BCUT2D eigenvalue weighted by atomic mass is 32.2. The van der Waals surface area contributed by atoms with E-state index in [0.29, 0.717) is 0 Å². The summed E-state index contributed by atoms with van der Waals surface area (Å²) in [6.07, 6.45) is 0. The van der Waals surface area contributed by atoms with E-state index in [-0.39, 0.29) is 0 Å². The molecule has 0 saturated heterocycles. The van der Waals surface area contributed by atoms with Gasteiger partial charge in [0.05, 0.1) is 11.4 Å². The van der Waals surface area contributed by atoms with Gasteiger partial charge in [-0.1, -0.05) is 120 Å². The third-order valence-corrected chi connectivity index (χ3v) is 9.42. The Morgan fingerprint density at radius 3 is 2.05 bits per heavy atom. The third kappa shape index (κ3) is 3.50. The maximum Gasteiger partial charge on any atom is 0.0556 e. The van der Waals surface area contributed by atoms with Crippen LogP contribution in [-0.4, -0.2) is 7.05 Å². The van der Waals surface area contributed by atoms with Gasteiger partial charge in [0.15, 0.2) is 0 Å². The molecule has 0 aromatic heterocycles. The molecule has 0 aliphatic carbocycles. The van der Waals surface area contributed by atoms with Crippen LogP contribution in [0, 0.1) is 6.92 Å². The van der Waals surface area contributed by atoms with Gasteiger partial charge in [-0.15, -0.1) is 0 Å². The van der Waals surface area contributed by atoms with E-state index in [1.54, 1.807) is 0 Å². The Bertz CT molecular complexity index is 2120. The van der Waals surface area contributed by atoms with Gasteiger partial charge in [0.2, 0.25) is 0 Å². The number of anilines is 2. The largest absolute Gasteiger partial charge is 0.343 e. The van der Waals surface area contributed by atoms with Gasteiger partial charge in [0, 0.05) is 16.8 Å². The molecule has 0 spiro atoms. The minimum atomic E-state index is 1.25. The first-order valence-electron chi connectivity index (χ1n) is 13.8. The molecule has 190 valence electrons. The van der Waals surface area contributed by atoms with Crippen molar-refractivity contribution in [3.05, 3.63) is 133 Å². The zero-order chi connectivity index (χ0) is 26.8. The normalized spacial score (nSPS) is 12.6. The van der Waals surface area contributed by atoms with Gasteiger partial charge in [-0.05, 0) is 85.8 Å². The van der Waals surface area contributed by atoms with Crippen molar-refractivity contribution >= 4 is 55.5 Å².